The van der Waals surface area contributed by atoms with Crippen LogP contribution in [0.25, 0.3) is 0 Å². The maximum Gasteiger partial charge on any atom is 0.326 e. The fraction of sp³-hybridized carbons (Fsp3) is 0.533. The number of hydrogen-bond donors (Lipinski definition) is 3. The Labute approximate surface area is 143 Å². The first kappa shape index (κ1) is 18.4. The average Bonchev–Trinajstić information content (AvgIpc) is 3.01. The van der Waals surface area contributed by atoms with E-state index in [9.17, 15) is 29.9 Å². The molecule has 2 rings (SSSR count). The molecule has 1 aliphatic rings. The van der Waals surface area contributed by atoms with Gasteiger partial charge in [0.25, 0.3) is 0 Å². The number of aliphatic carboxylic acids is 2. The molecule has 2 atom stereocenters. The van der Waals surface area contributed by atoms with Crippen molar-refractivity contribution in [3.8, 4) is 0 Å². The largest absolute Gasteiger partial charge is 0.480 e. The Bertz CT molecular complexity index is 693. The van der Waals surface area contributed by atoms with Crippen molar-refractivity contribution in [1.29, 1.82) is 0 Å². The van der Waals surface area contributed by atoms with Gasteiger partial charge in [0, 0.05) is 12.6 Å². The molecule has 0 radical (unpaired) electrons. The summed E-state index contributed by atoms with van der Waals surface area (Å²) in [7, 11) is 0. The number of carboxylic acid groups (broad SMARTS) is 2. The van der Waals surface area contributed by atoms with E-state index < -0.39 is 28.9 Å². The molecular formula is C15H20N4O6. The van der Waals surface area contributed by atoms with Crippen molar-refractivity contribution in [2.75, 3.05) is 16.8 Å². The molecule has 0 aliphatic carbocycles. The van der Waals surface area contributed by atoms with E-state index in [4.69, 9.17) is 0 Å². The van der Waals surface area contributed by atoms with Crippen LogP contribution in [0.15, 0.2) is 12.1 Å². The average molecular weight is 352 g/mol. The Balaban J connectivity index is 2.41. The summed E-state index contributed by atoms with van der Waals surface area (Å²) in [4.78, 5) is 39.0. The molecule has 1 fully saturated rings. The third-order valence-electron chi connectivity index (χ3n) is 4.11. The summed E-state index contributed by atoms with van der Waals surface area (Å²) in [5.74, 6) is -2.38. The number of nitro groups is 1. The van der Waals surface area contributed by atoms with Crippen LogP contribution in [0.1, 0.15) is 26.7 Å². The molecule has 1 aromatic heterocycles. The monoisotopic (exact) mass is 352 g/mol. The van der Waals surface area contributed by atoms with E-state index in [1.807, 2.05) is 0 Å². The second kappa shape index (κ2) is 7.32. The van der Waals surface area contributed by atoms with Crippen molar-refractivity contribution in [1.82, 2.24) is 4.98 Å². The van der Waals surface area contributed by atoms with Gasteiger partial charge >= 0.3 is 17.6 Å². The van der Waals surface area contributed by atoms with Gasteiger partial charge in [-0.15, -0.1) is 0 Å². The summed E-state index contributed by atoms with van der Waals surface area (Å²) >= 11 is 0. The fourth-order valence-electron chi connectivity index (χ4n) is 2.81. The van der Waals surface area contributed by atoms with Crippen molar-refractivity contribution >= 4 is 29.3 Å². The van der Waals surface area contributed by atoms with Crippen LogP contribution in [-0.4, -0.2) is 50.7 Å². The van der Waals surface area contributed by atoms with E-state index in [1.54, 1.807) is 18.7 Å². The second-order valence-corrected chi connectivity index (χ2v) is 6.19. The molecular weight excluding hydrogens is 332 g/mol. The lowest BCUT2D eigenvalue weighted by Crippen LogP contribution is -2.37. The van der Waals surface area contributed by atoms with E-state index >= 15 is 0 Å². The summed E-state index contributed by atoms with van der Waals surface area (Å²) in [6.07, 6.45) is 1.13. The van der Waals surface area contributed by atoms with Crippen LogP contribution in [0.5, 0.6) is 0 Å². The molecule has 0 saturated carbocycles. The molecule has 3 N–H and O–H groups in total. The summed E-state index contributed by atoms with van der Waals surface area (Å²) < 4.78 is 0. The van der Waals surface area contributed by atoms with Crippen LogP contribution < -0.4 is 10.2 Å². The Kier molecular flexibility index (Phi) is 5.40. The summed E-state index contributed by atoms with van der Waals surface area (Å²) in [5.41, 5.74) is -0.360. The Hall–Kier alpha value is -2.91. The molecule has 10 nitrogen and oxygen atoms in total. The second-order valence-electron chi connectivity index (χ2n) is 6.19. The van der Waals surface area contributed by atoms with E-state index in [-0.39, 0.29) is 23.2 Å². The zero-order valence-corrected chi connectivity index (χ0v) is 13.9. The van der Waals surface area contributed by atoms with Gasteiger partial charge in [0.15, 0.2) is 0 Å². The third kappa shape index (κ3) is 3.95. The number of rotatable bonds is 7. The molecule has 0 spiro atoms. The molecule has 1 aliphatic heterocycles. The number of pyridine rings is 1. The van der Waals surface area contributed by atoms with Gasteiger partial charge in [0.05, 0.1) is 4.92 Å². The molecule has 1 aromatic rings. The van der Waals surface area contributed by atoms with Gasteiger partial charge in [-0.25, -0.2) is 14.6 Å². The number of aromatic nitrogens is 1. The van der Waals surface area contributed by atoms with E-state index in [2.05, 4.69) is 10.3 Å². The highest BCUT2D eigenvalue weighted by molar-refractivity contribution is 5.80. The predicted octanol–water partition coefficient (Wildman–Crippen LogP) is 1.56. The minimum atomic E-state index is -1.15. The van der Waals surface area contributed by atoms with Gasteiger partial charge in [0.1, 0.15) is 17.9 Å². The number of nitrogens with one attached hydrogen (secondary N) is 1. The van der Waals surface area contributed by atoms with Crippen LogP contribution in [0.3, 0.4) is 0 Å². The van der Waals surface area contributed by atoms with Crippen molar-refractivity contribution in [3.63, 3.8) is 0 Å². The zero-order chi connectivity index (χ0) is 18.7. The zero-order valence-electron chi connectivity index (χ0n) is 13.9. The quantitative estimate of drug-likeness (QED) is 0.491. The Morgan fingerprint density at radius 2 is 2.08 bits per heavy atom. The number of nitrogens with zero attached hydrogens (tertiary/aromatic N) is 3. The number of hydrogen-bond acceptors (Lipinski definition) is 7. The van der Waals surface area contributed by atoms with E-state index in [0.29, 0.717) is 19.4 Å². The van der Waals surface area contributed by atoms with Crippen LogP contribution in [0, 0.1) is 16.0 Å². The molecule has 0 bridgehead atoms. The van der Waals surface area contributed by atoms with Gasteiger partial charge in [-0.05, 0) is 24.8 Å². The first-order chi connectivity index (χ1) is 11.7. The van der Waals surface area contributed by atoms with E-state index in [0.717, 1.165) is 0 Å². The van der Waals surface area contributed by atoms with Crippen molar-refractivity contribution in [3.05, 3.63) is 22.2 Å². The fourth-order valence-corrected chi connectivity index (χ4v) is 2.81. The number of carboxylic acids is 2. The minimum absolute atomic E-state index is 0.181. The summed E-state index contributed by atoms with van der Waals surface area (Å²) in [6, 6.07) is 0.786. The molecule has 0 amide bonds. The molecule has 25 heavy (non-hydrogen) atoms. The highest BCUT2D eigenvalue weighted by Crippen LogP contribution is 2.30. The van der Waals surface area contributed by atoms with Crippen molar-refractivity contribution < 1.29 is 24.7 Å². The highest BCUT2D eigenvalue weighted by atomic mass is 16.6. The van der Waals surface area contributed by atoms with Gasteiger partial charge in [0.2, 0.25) is 5.82 Å². The molecule has 0 aromatic carbocycles. The lowest BCUT2D eigenvalue weighted by molar-refractivity contribution is -0.384. The Morgan fingerprint density at radius 3 is 2.60 bits per heavy atom. The molecule has 1 saturated heterocycles. The smallest absolute Gasteiger partial charge is 0.326 e. The predicted molar refractivity (Wildman–Crippen MR) is 88.8 cm³/mol. The van der Waals surface area contributed by atoms with Crippen molar-refractivity contribution in [2.45, 2.75) is 38.8 Å². The SMILES string of the molecule is CC(C)C(Nc1nc(N2CCC[C@@H]2C(=O)O)ccc1[N+](=O)[O-])C(=O)O. The molecule has 1 unspecified atom stereocenters. The maximum atomic E-state index is 11.4. The van der Waals surface area contributed by atoms with Crippen LogP contribution in [-0.2, 0) is 9.59 Å². The normalized spacial score (nSPS) is 18.2. The van der Waals surface area contributed by atoms with E-state index in [1.165, 1.54) is 12.1 Å². The van der Waals surface area contributed by atoms with Crippen LogP contribution in [0.2, 0.25) is 0 Å². The van der Waals surface area contributed by atoms with Crippen LogP contribution in [0.4, 0.5) is 17.3 Å². The summed E-state index contributed by atoms with van der Waals surface area (Å²) in [6.45, 7) is 3.80. The topological polar surface area (TPSA) is 146 Å². The van der Waals surface area contributed by atoms with Crippen LogP contribution >= 0.6 is 0 Å². The molecule has 2 heterocycles. The first-order valence-corrected chi connectivity index (χ1v) is 7.86. The third-order valence-corrected chi connectivity index (χ3v) is 4.11. The number of anilines is 2. The number of carbonyl (C=O) groups is 2. The Morgan fingerprint density at radius 1 is 1.40 bits per heavy atom. The lowest BCUT2D eigenvalue weighted by atomic mass is 10.0. The van der Waals surface area contributed by atoms with Gasteiger partial charge < -0.3 is 20.4 Å². The van der Waals surface area contributed by atoms with Gasteiger partial charge in [-0.2, -0.15) is 0 Å². The highest BCUT2D eigenvalue weighted by Gasteiger charge is 2.33. The van der Waals surface area contributed by atoms with Gasteiger partial charge in [-0.1, -0.05) is 13.8 Å². The lowest BCUT2D eigenvalue weighted by Gasteiger charge is -2.24. The summed E-state index contributed by atoms with van der Waals surface area (Å²) in [5, 5.41) is 32.4. The molecule has 136 valence electrons. The standard InChI is InChI=1S/C15H20N4O6/c1-8(2)12(15(22)23)17-13-9(19(24)25)5-6-11(16-13)18-7-3-4-10(18)14(20)21/h5-6,8,10,12H,3-4,7H2,1-2H3,(H,16,17)(H,20,21)(H,22,23)/t10-,12?/m1/s1. The maximum absolute atomic E-state index is 11.4. The van der Waals surface area contributed by atoms with Gasteiger partial charge in [-0.3, -0.25) is 10.1 Å². The van der Waals surface area contributed by atoms with Crippen molar-refractivity contribution in [2.24, 2.45) is 5.92 Å². The molecule has 10 heteroatoms. The first-order valence-electron chi connectivity index (χ1n) is 7.86. The minimum Gasteiger partial charge on any atom is -0.480 e.